The number of aromatic nitrogens is 2. The first-order valence-electron chi connectivity index (χ1n) is 3.63. The minimum atomic E-state index is 0. The van der Waals surface area contributed by atoms with E-state index < -0.39 is 0 Å². The molecule has 2 rings (SSSR count). The number of hydrogen-bond donors (Lipinski definition) is 3. The molecule has 0 spiro atoms. The van der Waals surface area contributed by atoms with Gasteiger partial charge in [-0.3, -0.25) is 4.98 Å². The first-order chi connectivity index (χ1) is 6.50. The third-order valence-electron chi connectivity index (χ3n) is 1.06. The van der Waals surface area contributed by atoms with E-state index in [0.29, 0.717) is 0 Å². The number of rotatable bonds is 0. The zero-order valence-corrected chi connectivity index (χ0v) is 9.18. The van der Waals surface area contributed by atoms with Gasteiger partial charge in [-0.15, -0.1) is 0 Å². The van der Waals surface area contributed by atoms with Crippen LogP contribution in [-0.2, 0) is 17.1 Å². The largest absolute Gasteiger partial charge is 0.368 e. The van der Waals surface area contributed by atoms with Gasteiger partial charge in [0.15, 0.2) is 0 Å². The first-order valence-corrected chi connectivity index (χ1v) is 4.03. The maximum Gasteiger partial charge on any atom is 0.0267 e. The predicted octanol–water partition coefficient (Wildman–Crippen LogP) is 2.48. The van der Waals surface area contributed by atoms with Crippen LogP contribution in [0, 0.1) is 0 Å². The van der Waals surface area contributed by atoms with E-state index in [2.05, 4.69) is 22.9 Å². The summed E-state index contributed by atoms with van der Waals surface area (Å²) >= 11 is 2.53. The average molecular weight is 260 g/mol. The Labute approximate surface area is 99.7 Å². The van der Waals surface area contributed by atoms with Gasteiger partial charge < -0.3 is 9.54 Å². The van der Waals surface area contributed by atoms with Gasteiger partial charge in [-0.1, -0.05) is 6.07 Å². The molecule has 0 bridgehead atoms. The molecule has 0 aromatic carbocycles. The van der Waals surface area contributed by atoms with E-state index >= 15 is 0 Å². The van der Waals surface area contributed by atoms with E-state index in [9.17, 15) is 0 Å². The van der Waals surface area contributed by atoms with Gasteiger partial charge in [0, 0.05) is 41.9 Å². The minimum absolute atomic E-state index is 0. The first kappa shape index (κ1) is 15.7. The molecule has 81 valence electrons. The second-order valence-corrected chi connectivity index (χ2v) is 1.91. The molecule has 0 unspecified atom stereocenters. The molecule has 14 heavy (non-hydrogen) atoms. The smallest absolute Gasteiger partial charge is 0.0267 e. The molecule has 2 N–H and O–H groups in total. The topological polar surface area (TPSA) is 48.9 Å². The van der Waals surface area contributed by atoms with Crippen molar-refractivity contribution in [3.05, 3.63) is 55.1 Å². The fourth-order valence-electron chi connectivity index (χ4n) is 0.590. The molecular formula is C9H12CuN2OS. The number of aromatic amines is 1. The van der Waals surface area contributed by atoms with Gasteiger partial charge in [-0.05, 0) is 37.2 Å². The van der Waals surface area contributed by atoms with Gasteiger partial charge in [-0.2, -0.15) is 0 Å². The van der Waals surface area contributed by atoms with Crippen LogP contribution in [0.15, 0.2) is 55.1 Å². The van der Waals surface area contributed by atoms with E-state index in [4.69, 9.17) is 4.55 Å². The third-order valence-corrected chi connectivity index (χ3v) is 1.06. The fourth-order valence-corrected chi connectivity index (χ4v) is 0.590. The zero-order valence-electron chi connectivity index (χ0n) is 7.34. The summed E-state index contributed by atoms with van der Waals surface area (Å²) in [4.78, 5) is 6.65. The second-order valence-electron chi connectivity index (χ2n) is 1.91. The average Bonchev–Trinajstić information content (AvgIpc) is 2.82. The summed E-state index contributed by atoms with van der Waals surface area (Å²) in [5.74, 6) is 0. The molecule has 5 heteroatoms. The molecule has 0 atom stereocenters. The van der Waals surface area contributed by atoms with Crippen LogP contribution in [0.25, 0.3) is 0 Å². The monoisotopic (exact) mass is 259 g/mol. The van der Waals surface area contributed by atoms with Gasteiger partial charge in [0.25, 0.3) is 0 Å². The molecule has 0 aliphatic heterocycles. The van der Waals surface area contributed by atoms with Crippen LogP contribution in [0.1, 0.15) is 0 Å². The van der Waals surface area contributed by atoms with Crippen LogP contribution >= 0.6 is 12.9 Å². The van der Waals surface area contributed by atoms with Crippen molar-refractivity contribution >= 4 is 12.9 Å². The van der Waals surface area contributed by atoms with Crippen molar-refractivity contribution in [2.24, 2.45) is 0 Å². The molecule has 0 amide bonds. The molecule has 2 aromatic rings. The van der Waals surface area contributed by atoms with Gasteiger partial charge in [0.05, 0.1) is 0 Å². The fraction of sp³-hybridized carbons (Fsp3) is 0. The molecule has 2 heterocycles. The van der Waals surface area contributed by atoms with Gasteiger partial charge in [-0.25, -0.2) is 0 Å². The molecule has 0 saturated heterocycles. The summed E-state index contributed by atoms with van der Waals surface area (Å²) in [5.41, 5.74) is 0. The van der Waals surface area contributed by atoms with Gasteiger partial charge in [0.2, 0.25) is 0 Å². The predicted molar refractivity (Wildman–Crippen MR) is 56.6 cm³/mol. The Morgan fingerprint density at radius 1 is 0.857 bits per heavy atom. The van der Waals surface area contributed by atoms with Crippen molar-refractivity contribution in [2.75, 3.05) is 0 Å². The molecule has 0 saturated carbocycles. The van der Waals surface area contributed by atoms with E-state index in [1.807, 2.05) is 42.7 Å². The summed E-state index contributed by atoms with van der Waals surface area (Å²) in [6.45, 7) is 0. The number of hydrogen-bond acceptors (Lipinski definition) is 3. The molecule has 0 aliphatic rings. The number of nitrogens with zero attached hydrogens (tertiary/aromatic N) is 1. The zero-order chi connectivity index (χ0) is 9.78. The Hall–Kier alpha value is -0.741. The van der Waals surface area contributed by atoms with Crippen LogP contribution in [-0.4, -0.2) is 14.5 Å². The van der Waals surface area contributed by atoms with Crippen molar-refractivity contribution < 1.29 is 21.6 Å². The summed E-state index contributed by atoms with van der Waals surface area (Å²) in [6.07, 6.45) is 7.25. The molecular weight excluding hydrogens is 248 g/mol. The standard InChI is InChI=1S/C5H5N.C4H5N.Cu.H2OS/c1-2-4-6-5-3-1;1-2-4-5-3-1;;1-2/h1-5H;1-5H;;1-2H. The Kier molecular flexibility index (Phi) is 16.6. The minimum Gasteiger partial charge on any atom is -0.368 e. The normalized spacial score (nSPS) is 6.71. The summed E-state index contributed by atoms with van der Waals surface area (Å²) < 4.78 is 6.69. The SMILES string of the molecule is OS.[Cu].c1cc[nH]c1.c1ccncc1. The van der Waals surface area contributed by atoms with E-state index in [-0.39, 0.29) is 17.1 Å². The van der Waals surface area contributed by atoms with E-state index in [1.54, 1.807) is 12.4 Å². The Bertz CT molecular complexity index is 209. The molecule has 0 fully saturated rings. The van der Waals surface area contributed by atoms with Gasteiger partial charge in [0.1, 0.15) is 0 Å². The number of thiol groups is 1. The number of nitrogens with one attached hydrogen (secondary N) is 1. The van der Waals surface area contributed by atoms with Crippen LogP contribution in [0.5, 0.6) is 0 Å². The molecule has 1 radical (unpaired) electrons. The van der Waals surface area contributed by atoms with Crippen LogP contribution in [0.3, 0.4) is 0 Å². The van der Waals surface area contributed by atoms with Crippen molar-refractivity contribution in [3.8, 4) is 0 Å². The number of H-pyrrole nitrogens is 1. The maximum atomic E-state index is 6.69. The summed E-state index contributed by atoms with van der Waals surface area (Å²) in [6, 6.07) is 9.60. The van der Waals surface area contributed by atoms with Crippen LogP contribution < -0.4 is 0 Å². The quantitative estimate of drug-likeness (QED) is 0.387. The van der Waals surface area contributed by atoms with Gasteiger partial charge >= 0.3 is 0 Å². The Morgan fingerprint density at radius 3 is 1.50 bits per heavy atom. The molecule has 2 aromatic heterocycles. The van der Waals surface area contributed by atoms with Crippen molar-refractivity contribution in [2.45, 2.75) is 0 Å². The molecule has 0 aliphatic carbocycles. The third kappa shape index (κ3) is 11.3. The Morgan fingerprint density at radius 2 is 1.36 bits per heavy atom. The molecule has 3 nitrogen and oxygen atoms in total. The van der Waals surface area contributed by atoms with Crippen molar-refractivity contribution in [1.82, 2.24) is 9.97 Å². The van der Waals surface area contributed by atoms with E-state index in [1.165, 1.54) is 0 Å². The van der Waals surface area contributed by atoms with Crippen LogP contribution in [0.4, 0.5) is 0 Å². The van der Waals surface area contributed by atoms with E-state index in [0.717, 1.165) is 0 Å². The summed E-state index contributed by atoms with van der Waals surface area (Å²) in [7, 11) is 0. The number of pyridine rings is 1. The van der Waals surface area contributed by atoms with Crippen molar-refractivity contribution in [3.63, 3.8) is 0 Å². The second kappa shape index (κ2) is 14.8. The van der Waals surface area contributed by atoms with Crippen LogP contribution in [0.2, 0.25) is 0 Å². The Balaban J connectivity index is 0. The maximum absolute atomic E-state index is 6.69. The summed E-state index contributed by atoms with van der Waals surface area (Å²) in [5, 5.41) is 0. The van der Waals surface area contributed by atoms with Crippen molar-refractivity contribution in [1.29, 1.82) is 0 Å².